The van der Waals surface area contributed by atoms with E-state index in [2.05, 4.69) is 21.3 Å². The predicted octanol–water partition coefficient (Wildman–Crippen LogP) is 5.12. The minimum absolute atomic E-state index is 0.0181. The number of ketones is 1. The van der Waals surface area contributed by atoms with Crippen molar-refractivity contribution in [3.63, 3.8) is 0 Å². The molecule has 0 aliphatic rings. The lowest BCUT2D eigenvalue weighted by Crippen LogP contribution is -2.16. The molecule has 4 rings (SSSR count). The monoisotopic (exact) mass is 479 g/mol. The molecule has 4 aromatic rings. The summed E-state index contributed by atoms with van der Waals surface area (Å²) < 4.78 is 33.5. The van der Waals surface area contributed by atoms with Crippen LogP contribution in [0.4, 0.5) is 5.69 Å². The highest BCUT2D eigenvalue weighted by Gasteiger charge is 2.21. The molecule has 0 unspecified atom stereocenters. The zero-order valence-corrected chi connectivity index (χ0v) is 19.0. The number of hydrogen-bond acceptors (Lipinski definition) is 6. The van der Waals surface area contributed by atoms with Crippen LogP contribution in [0, 0.1) is 6.92 Å². The van der Waals surface area contributed by atoms with Crippen molar-refractivity contribution in [2.75, 3.05) is 4.72 Å². The van der Waals surface area contributed by atoms with Gasteiger partial charge in [-0.25, -0.2) is 13.4 Å². The molecule has 0 spiro atoms. The van der Waals surface area contributed by atoms with Crippen LogP contribution < -0.4 is 4.72 Å². The van der Waals surface area contributed by atoms with Crippen LogP contribution in [0.25, 0.3) is 5.57 Å². The molecular weight excluding hydrogens is 462 g/mol. The fourth-order valence-corrected chi connectivity index (χ4v) is 4.35. The second-order valence-corrected chi connectivity index (χ2v) is 9.31. The number of carbonyl (C=O) groups is 1. The first-order valence-electron chi connectivity index (χ1n) is 9.72. The number of aryl methyl sites for hydroxylation is 1. The summed E-state index contributed by atoms with van der Waals surface area (Å²) in [5.41, 5.74) is 3.15. The van der Waals surface area contributed by atoms with Gasteiger partial charge in [0.15, 0.2) is 12.2 Å². The molecule has 2 aromatic heterocycles. The molecule has 0 fully saturated rings. The Hall–Kier alpha value is -3.75. The van der Waals surface area contributed by atoms with E-state index in [-0.39, 0.29) is 16.1 Å². The third-order valence-corrected chi connectivity index (χ3v) is 6.52. The molecule has 9 heteroatoms. The van der Waals surface area contributed by atoms with Crippen molar-refractivity contribution in [2.45, 2.75) is 11.8 Å². The first kappa shape index (κ1) is 22.4. The van der Waals surface area contributed by atoms with Gasteiger partial charge >= 0.3 is 0 Å². The van der Waals surface area contributed by atoms with E-state index in [0.717, 1.165) is 5.69 Å². The van der Waals surface area contributed by atoms with Crippen LogP contribution in [0.5, 0.6) is 0 Å². The Balaban J connectivity index is 1.62. The fourth-order valence-electron chi connectivity index (χ4n) is 3.10. The van der Waals surface area contributed by atoms with Crippen LogP contribution in [-0.2, 0) is 10.0 Å². The minimum Gasteiger partial charge on any atom is -0.451 e. The number of aromatic nitrogens is 2. The summed E-state index contributed by atoms with van der Waals surface area (Å²) in [6, 6.07) is 13.9. The summed E-state index contributed by atoms with van der Waals surface area (Å²) in [5, 5.41) is 0.303. The average Bonchev–Trinajstić information content (AvgIpc) is 3.35. The van der Waals surface area contributed by atoms with Gasteiger partial charge in [0.1, 0.15) is 12.0 Å². The highest BCUT2D eigenvalue weighted by Crippen LogP contribution is 2.27. The van der Waals surface area contributed by atoms with Gasteiger partial charge in [0.2, 0.25) is 0 Å². The summed E-state index contributed by atoms with van der Waals surface area (Å²) in [6.45, 7) is 5.76. The van der Waals surface area contributed by atoms with Gasteiger partial charge in [-0.15, -0.1) is 0 Å². The largest absolute Gasteiger partial charge is 0.451 e. The normalized spacial score (nSPS) is 11.2. The molecule has 0 amide bonds. The van der Waals surface area contributed by atoms with Crippen LogP contribution in [-0.4, -0.2) is 24.2 Å². The van der Waals surface area contributed by atoms with Gasteiger partial charge in [0.25, 0.3) is 10.0 Å². The van der Waals surface area contributed by atoms with Gasteiger partial charge in [0, 0.05) is 33.6 Å². The fraction of sp³-hybridized carbons (Fsp3) is 0.0417. The van der Waals surface area contributed by atoms with Crippen LogP contribution in [0.1, 0.15) is 32.9 Å². The highest BCUT2D eigenvalue weighted by atomic mass is 35.5. The second kappa shape index (κ2) is 9.01. The number of pyridine rings is 1. The number of oxazole rings is 1. The Kier molecular flexibility index (Phi) is 6.13. The van der Waals surface area contributed by atoms with Crippen LogP contribution in [0.2, 0.25) is 5.02 Å². The van der Waals surface area contributed by atoms with Crippen molar-refractivity contribution >= 4 is 38.7 Å². The number of carbonyl (C=O) groups excluding carboxylic acids is 1. The maximum Gasteiger partial charge on any atom is 0.261 e. The van der Waals surface area contributed by atoms with Crippen molar-refractivity contribution in [3.05, 3.63) is 113 Å². The molecular formula is C24H18ClN3O4S. The third kappa shape index (κ3) is 4.87. The van der Waals surface area contributed by atoms with Gasteiger partial charge in [-0.2, -0.15) is 0 Å². The van der Waals surface area contributed by atoms with Gasteiger partial charge in [-0.1, -0.05) is 30.3 Å². The van der Waals surface area contributed by atoms with Crippen molar-refractivity contribution in [1.29, 1.82) is 0 Å². The molecule has 0 saturated heterocycles. The Bertz CT molecular complexity index is 1430. The topological polar surface area (TPSA) is 102 Å². The summed E-state index contributed by atoms with van der Waals surface area (Å²) in [4.78, 5) is 21.2. The van der Waals surface area contributed by atoms with E-state index in [1.807, 2.05) is 0 Å². The predicted molar refractivity (Wildman–Crippen MR) is 126 cm³/mol. The van der Waals surface area contributed by atoms with E-state index < -0.39 is 15.8 Å². The smallest absolute Gasteiger partial charge is 0.261 e. The first-order valence-corrected chi connectivity index (χ1v) is 11.6. The van der Waals surface area contributed by atoms with E-state index in [4.69, 9.17) is 16.0 Å². The molecule has 33 heavy (non-hydrogen) atoms. The van der Waals surface area contributed by atoms with Crippen molar-refractivity contribution < 1.29 is 17.6 Å². The molecule has 7 nitrogen and oxygen atoms in total. The van der Waals surface area contributed by atoms with Crippen molar-refractivity contribution in [1.82, 2.24) is 9.97 Å². The number of benzene rings is 2. The van der Waals surface area contributed by atoms with Gasteiger partial charge < -0.3 is 4.42 Å². The number of anilines is 1. The van der Waals surface area contributed by atoms with Crippen LogP contribution in [0.15, 0.2) is 89.3 Å². The Morgan fingerprint density at radius 2 is 1.76 bits per heavy atom. The van der Waals surface area contributed by atoms with Crippen molar-refractivity contribution in [2.24, 2.45) is 0 Å². The maximum absolute atomic E-state index is 13.0. The quantitative estimate of drug-likeness (QED) is 0.369. The molecule has 166 valence electrons. The summed E-state index contributed by atoms with van der Waals surface area (Å²) in [5.74, 6) is -0.401. The molecule has 0 saturated carbocycles. The highest BCUT2D eigenvalue weighted by molar-refractivity contribution is 7.92. The lowest BCUT2D eigenvalue weighted by Gasteiger charge is -2.13. The lowest BCUT2D eigenvalue weighted by atomic mass is 10.0. The van der Waals surface area contributed by atoms with E-state index in [9.17, 15) is 13.2 Å². The summed E-state index contributed by atoms with van der Waals surface area (Å²) >= 11 is 6.09. The van der Waals surface area contributed by atoms with E-state index in [1.165, 1.54) is 49.2 Å². The zero-order valence-electron chi connectivity index (χ0n) is 17.4. The number of sulfonamides is 1. The summed E-state index contributed by atoms with van der Waals surface area (Å²) in [6.07, 6.45) is 4.19. The lowest BCUT2D eigenvalue weighted by molar-refractivity contribution is 0.103. The number of hydrogen-bond donors (Lipinski definition) is 1. The average molecular weight is 480 g/mol. The second-order valence-electron chi connectivity index (χ2n) is 7.19. The van der Waals surface area contributed by atoms with Crippen LogP contribution >= 0.6 is 11.6 Å². The molecule has 1 N–H and O–H groups in total. The number of nitrogens with one attached hydrogen (secondary N) is 1. The number of rotatable bonds is 7. The number of nitrogens with zero attached hydrogens (tertiary/aromatic N) is 2. The molecule has 0 aliphatic carbocycles. The van der Waals surface area contributed by atoms with E-state index >= 15 is 0 Å². The van der Waals surface area contributed by atoms with Gasteiger partial charge in [-0.05, 0) is 55.0 Å². The Labute approximate surface area is 195 Å². The molecule has 0 radical (unpaired) electrons. The zero-order chi connectivity index (χ0) is 23.6. The molecule has 0 bridgehead atoms. The van der Waals surface area contributed by atoms with Gasteiger partial charge in [0.05, 0.1) is 10.6 Å². The number of halogens is 1. The maximum atomic E-state index is 13.0. The minimum atomic E-state index is -3.99. The van der Waals surface area contributed by atoms with Crippen LogP contribution in [0.3, 0.4) is 0 Å². The van der Waals surface area contributed by atoms with Gasteiger partial charge in [-0.3, -0.25) is 14.5 Å². The summed E-state index contributed by atoms with van der Waals surface area (Å²) in [7, 11) is -3.99. The molecule has 0 aliphatic heterocycles. The van der Waals surface area contributed by atoms with E-state index in [1.54, 1.807) is 31.2 Å². The Morgan fingerprint density at radius 1 is 1.03 bits per heavy atom. The van der Waals surface area contributed by atoms with E-state index in [0.29, 0.717) is 27.4 Å². The van der Waals surface area contributed by atoms with Crippen molar-refractivity contribution in [3.8, 4) is 0 Å². The molecule has 2 heterocycles. The standard InChI is InChI=1S/C24H18ClN3O4S/c1-15-3-4-18(12-26-15)24(29)21-11-19(25)7-10-22(21)28-33(30,31)20-8-5-17(6-9-20)16(2)23-13-32-14-27-23/h3-14,28H,2H2,1H3. The third-order valence-electron chi connectivity index (χ3n) is 4.90. The first-order chi connectivity index (χ1) is 15.7. The molecule has 2 aromatic carbocycles. The Morgan fingerprint density at radius 3 is 2.39 bits per heavy atom. The molecule has 0 atom stereocenters. The SMILES string of the molecule is C=C(c1ccc(S(=O)(=O)Nc2ccc(Cl)cc2C(=O)c2ccc(C)nc2)cc1)c1cocn1.